The van der Waals surface area contributed by atoms with Crippen molar-refractivity contribution in [3.8, 4) is 0 Å². The van der Waals surface area contributed by atoms with Gasteiger partial charge in [-0.05, 0) is 25.3 Å². The summed E-state index contributed by atoms with van der Waals surface area (Å²) in [7, 11) is 0. The van der Waals surface area contributed by atoms with Gasteiger partial charge in [0, 0.05) is 39.0 Å². The van der Waals surface area contributed by atoms with Crippen LogP contribution in [-0.4, -0.2) is 59.7 Å². The second-order valence-electron chi connectivity index (χ2n) is 6.85. The molecule has 1 atom stereocenters. The average molecular weight is 343 g/mol. The van der Waals surface area contributed by atoms with Gasteiger partial charge in [-0.15, -0.1) is 0 Å². The van der Waals surface area contributed by atoms with Crippen LogP contribution in [0.4, 0.5) is 0 Å². The van der Waals surface area contributed by atoms with Gasteiger partial charge in [-0.25, -0.2) is 0 Å². The second kappa shape index (κ2) is 7.68. The number of carbonyl (C=O) groups is 3. The molecular formula is C19H25N3O3. The Balaban J connectivity index is 1.44. The van der Waals surface area contributed by atoms with E-state index in [1.165, 1.54) is 11.1 Å². The number of rotatable bonds is 4. The molecular weight excluding hydrogens is 318 g/mol. The fraction of sp³-hybridized carbons (Fsp3) is 0.526. The standard InChI is InChI=1S/C19H25N3O3/c1-14-3-2-4-15(13-14)5-8-18(24)21-9-11-22(12-10-21)19(25)16-6-7-17(23)20-16/h2-4,13,16H,5-12H2,1H3,(H,20,23). The summed E-state index contributed by atoms with van der Waals surface area (Å²) >= 11 is 0. The monoisotopic (exact) mass is 343 g/mol. The maximum atomic E-state index is 12.4. The first-order valence-corrected chi connectivity index (χ1v) is 8.94. The highest BCUT2D eigenvalue weighted by molar-refractivity contribution is 5.91. The van der Waals surface area contributed by atoms with E-state index in [-0.39, 0.29) is 23.8 Å². The number of piperazine rings is 1. The Hall–Kier alpha value is -2.37. The van der Waals surface area contributed by atoms with E-state index in [1.54, 1.807) is 4.90 Å². The van der Waals surface area contributed by atoms with Gasteiger partial charge in [-0.3, -0.25) is 14.4 Å². The molecule has 1 aromatic rings. The first-order chi connectivity index (χ1) is 12.0. The molecule has 1 aromatic carbocycles. The third-order valence-electron chi connectivity index (χ3n) is 4.95. The molecule has 3 amide bonds. The highest BCUT2D eigenvalue weighted by Crippen LogP contribution is 2.13. The maximum Gasteiger partial charge on any atom is 0.245 e. The fourth-order valence-electron chi connectivity index (χ4n) is 3.47. The molecule has 25 heavy (non-hydrogen) atoms. The molecule has 0 spiro atoms. The van der Waals surface area contributed by atoms with E-state index in [0.29, 0.717) is 45.4 Å². The zero-order valence-electron chi connectivity index (χ0n) is 14.7. The molecule has 2 heterocycles. The maximum absolute atomic E-state index is 12.4. The molecule has 3 rings (SSSR count). The van der Waals surface area contributed by atoms with Crippen molar-refractivity contribution in [2.45, 2.75) is 38.6 Å². The summed E-state index contributed by atoms with van der Waals surface area (Å²) in [5.74, 6) is 0.0730. The van der Waals surface area contributed by atoms with E-state index in [2.05, 4.69) is 11.4 Å². The first kappa shape index (κ1) is 17.5. The van der Waals surface area contributed by atoms with E-state index in [1.807, 2.05) is 30.0 Å². The fourth-order valence-corrected chi connectivity index (χ4v) is 3.47. The Bertz CT molecular complexity index is 666. The number of nitrogens with zero attached hydrogens (tertiary/aromatic N) is 2. The van der Waals surface area contributed by atoms with Gasteiger partial charge in [-0.2, -0.15) is 0 Å². The number of nitrogens with one attached hydrogen (secondary N) is 1. The van der Waals surface area contributed by atoms with E-state index in [4.69, 9.17) is 0 Å². The van der Waals surface area contributed by atoms with Crippen LogP contribution in [0.15, 0.2) is 24.3 Å². The molecule has 2 saturated heterocycles. The van der Waals surface area contributed by atoms with Crippen molar-refractivity contribution in [2.24, 2.45) is 0 Å². The number of benzene rings is 1. The van der Waals surface area contributed by atoms with Gasteiger partial charge in [0.2, 0.25) is 17.7 Å². The molecule has 2 aliphatic rings. The SMILES string of the molecule is Cc1cccc(CCC(=O)N2CCN(C(=O)C3CCC(=O)N3)CC2)c1. The van der Waals surface area contributed by atoms with Gasteiger partial charge in [-0.1, -0.05) is 29.8 Å². The lowest BCUT2D eigenvalue weighted by molar-refractivity contribution is -0.140. The zero-order chi connectivity index (χ0) is 17.8. The predicted octanol–water partition coefficient (Wildman–Crippen LogP) is 0.877. The Labute approximate surface area is 148 Å². The van der Waals surface area contributed by atoms with Crippen LogP contribution in [0.25, 0.3) is 0 Å². The molecule has 134 valence electrons. The van der Waals surface area contributed by atoms with Gasteiger partial charge in [0.15, 0.2) is 0 Å². The van der Waals surface area contributed by atoms with Crippen molar-refractivity contribution in [3.63, 3.8) is 0 Å². The van der Waals surface area contributed by atoms with Crippen LogP contribution in [0.5, 0.6) is 0 Å². The van der Waals surface area contributed by atoms with Gasteiger partial charge in [0.05, 0.1) is 0 Å². The van der Waals surface area contributed by atoms with Crippen LogP contribution >= 0.6 is 0 Å². The predicted molar refractivity (Wildman–Crippen MR) is 93.8 cm³/mol. The van der Waals surface area contributed by atoms with Crippen molar-refractivity contribution in [2.75, 3.05) is 26.2 Å². The van der Waals surface area contributed by atoms with E-state index in [0.717, 1.165) is 6.42 Å². The third kappa shape index (κ3) is 4.38. The van der Waals surface area contributed by atoms with Crippen LogP contribution in [0.2, 0.25) is 0 Å². The summed E-state index contributed by atoms with van der Waals surface area (Å²) in [4.78, 5) is 39.6. The summed E-state index contributed by atoms with van der Waals surface area (Å²) in [6, 6.07) is 7.85. The lowest BCUT2D eigenvalue weighted by Crippen LogP contribution is -2.54. The topological polar surface area (TPSA) is 69.7 Å². The number of amides is 3. The molecule has 1 unspecified atom stereocenters. The van der Waals surface area contributed by atoms with Crippen molar-refractivity contribution in [1.29, 1.82) is 0 Å². The molecule has 0 bridgehead atoms. The van der Waals surface area contributed by atoms with Crippen molar-refractivity contribution in [1.82, 2.24) is 15.1 Å². The Morgan fingerprint density at radius 3 is 2.52 bits per heavy atom. The molecule has 0 saturated carbocycles. The molecule has 0 radical (unpaired) electrons. The van der Waals surface area contributed by atoms with Gasteiger partial charge in [0.1, 0.15) is 6.04 Å². The number of carbonyl (C=O) groups excluding carboxylic acids is 3. The molecule has 1 N–H and O–H groups in total. The number of hydrogen-bond donors (Lipinski definition) is 1. The normalized spacial score (nSPS) is 20.5. The second-order valence-corrected chi connectivity index (χ2v) is 6.85. The summed E-state index contributed by atoms with van der Waals surface area (Å²) in [5.41, 5.74) is 2.38. The quantitative estimate of drug-likeness (QED) is 0.882. The highest BCUT2D eigenvalue weighted by atomic mass is 16.2. The van der Waals surface area contributed by atoms with E-state index >= 15 is 0 Å². The minimum absolute atomic E-state index is 0.0160. The van der Waals surface area contributed by atoms with Crippen LogP contribution in [0, 0.1) is 6.92 Å². The minimum Gasteiger partial charge on any atom is -0.344 e. The Kier molecular flexibility index (Phi) is 5.36. The summed E-state index contributed by atoms with van der Waals surface area (Å²) < 4.78 is 0. The molecule has 6 heteroatoms. The van der Waals surface area contributed by atoms with Crippen LogP contribution in [0.3, 0.4) is 0 Å². The average Bonchev–Trinajstić information content (AvgIpc) is 3.06. The third-order valence-corrected chi connectivity index (χ3v) is 4.95. The summed E-state index contributed by atoms with van der Waals surface area (Å²) in [6.07, 6.45) is 2.24. The summed E-state index contributed by atoms with van der Waals surface area (Å²) in [6.45, 7) is 4.27. The van der Waals surface area contributed by atoms with Crippen LogP contribution in [0.1, 0.15) is 30.4 Å². The lowest BCUT2D eigenvalue weighted by atomic mass is 10.1. The van der Waals surface area contributed by atoms with Gasteiger partial charge in [0.25, 0.3) is 0 Å². The molecule has 6 nitrogen and oxygen atoms in total. The zero-order valence-corrected chi connectivity index (χ0v) is 14.7. The Morgan fingerprint density at radius 2 is 1.88 bits per heavy atom. The van der Waals surface area contributed by atoms with Crippen LogP contribution < -0.4 is 5.32 Å². The molecule has 2 fully saturated rings. The van der Waals surface area contributed by atoms with Gasteiger partial charge < -0.3 is 15.1 Å². The number of hydrogen-bond acceptors (Lipinski definition) is 3. The lowest BCUT2D eigenvalue weighted by Gasteiger charge is -2.36. The highest BCUT2D eigenvalue weighted by Gasteiger charge is 2.32. The first-order valence-electron chi connectivity index (χ1n) is 8.94. The van der Waals surface area contributed by atoms with E-state index < -0.39 is 0 Å². The molecule has 0 aliphatic carbocycles. The van der Waals surface area contributed by atoms with Crippen molar-refractivity contribution in [3.05, 3.63) is 35.4 Å². The van der Waals surface area contributed by atoms with Crippen LogP contribution in [-0.2, 0) is 20.8 Å². The molecule has 0 aromatic heterocycles. The van der Waals surface area contributed by atoms with E-state index in [9.17, 15) is 14.4 Å². The van der Waals surface area contributed by atoms with Crippen molar-refractivity contribution < 1.29 is 14.4 Å². The Morgan fingerprint density at radius 1 is 1.16 bits per heavy atom. The van der Waals surface area contributed by atoms with Gasteiger partial charge >= 0.3 is 0 Å². The molecule has 2 aliphatic heterocycles. The van der Waals surface area contributed by atoms with Crippen molar-refractivity contribution >= 4 is 17.7 Å². The largest absolute Gasteiger partial charge is 0.344 e. The number of aryl methyl sites for hydroxylation is 2. The summed E-state index contributed by atoms with van der Waals surface area (Å²) in [5, 5.41) is 2.72. The minimum atomic E-state index is -0.379. The smallest absolute Gasteiger partial charge is 0.245 e.